The summed E-state index contributed by atoms with van der Waals surface area (Å²) in [6.45, 7) is 5.61. The van der Waals surface area contributed by atoms with Crippen LogP contribution >= 0.6 is 0 Å². The topological polar surface area (TPSA) is 94.5 Å². The van der Waals surface area contributed by atoms with E-state index in [2.05, 4.69) is 6.08 Å². The summed E-state index contributed by atoms with van der Waals surface area (Å²) >= 11 is 0. The molecule has 232 valence electrons. The number of nitrogens with zero attached hydrogens (tertiary/aromatic N) is 1. The fourth-order valence-corrected chi connectivity index (χ4v) is 7.88. The number of benzene rings is 2. The average molecular weight is 602 g/mol. The fourth-order valence-electron chi connectivity index (χ4n) is 6.01. The van der Waals surface area contributed by atoms with Crippen LogP contribution in [0.15, 0.2) is 60.2 Å². The zero-order valence-corrected chi connectivity index (χ0v) is 26.4. The van der Waals surface area contributed by atoms with Gasteiger partial charge in [-0.25, -0.2) is 8.42 Å². The van der Waals surface area contributed by atoms with E-state index in [1.165, 1.54) is 5.57 Å². The minimum atomic E-state index is -3.67. The van der Waals surface area contributed by atoms with Crippen molar-refractivity contribution >= 4 is 10.0 Å². The van der Waals surface area contributed by atoms with Crippen molar-refractivity contribution in [1.82, 2.24) is 4.31 Å². The molecule has 1 N–H and O–H groups in total. The Hall–Kier alpha value is -2.43. The van der Waals surface area contributed by atoms with Crippen LogP contribution in [0.2, 0.25) is 0 Å². The predicted octanol–water partition coefficient (Wildman–Crippen LogP) is 5.06. The van der Waals surface area contributed by atoms with Gasteiger partial charge in [-0.15, -0.1) is 0 Å². The molecule has 0 radical (unpaired) electrons. The Morgan fingerprint density at radius 3 is 1.86 bits per heavy atom. The summed E-state index contributed by atoms with van der Waals surface area (Å²) in [7, 11) is 1.22. The Labute approximate surface area is 251 Å². The van der Waals surface area contributed by atoms with E-state index in [0.717, 1.165) is 41.9 Å². The highest BCUT2D eigenvalue weighted by molar-refractivity contribution is 7.89. The summed E-state index contributed by atoms with van der Waals surface area (Å²) in [5.41, 5.74) is 3.02. The van der Waals surface area contributed by atoms with E-state index in [1.54, 1.807) is 25.6 Å². The minimum Gasteiger partial charge on any atom is -0.497 e. The molecule has 9 heteroatoms. The van der Waals surface area contributed by atoms with E-state index in [0.29, 0.717) is 19.1 Å². The van der Waals surface area contributed by atoms with E-state index in [9.17, 15) is 13.5 Å². The second-order valence-electron chi connectivity index (χ2n) is 11.7. The van der Waals surface area contributed by atoms with Crippen molar-refractivity contribution < 1.29 is 32.5 Å². The first kappa shape index (κ1) is 32.5. The van der Waals surface area contributed by atoms with Gasteiger partial charge in [0, 0.05) is 26.8 Å². The normalized spacial score (nSPS) is 22.5. The zero-order valence-electron chi connectivity index (χ0n) is 25.6. The number of aliphatic hydroxyl groups excluding tert-OH is 1. The third kappa shape index (κ3) is 7.55. The largest absolute Gasteiger partial charge is 0.497 e. The molecule has 0 aliphatic heterocycles. The molecule has 0 amide bonds. The minimum absolute atomic E-state index is 0.0388. The van der Waals surface area contributed by atoms with Gasteiger partial charge in [0.05, 0.1) is 38.8 Å². The molecule has 2 aliphatic rings. The molecule has 0 bridgehead atoms. The lowest BCUT2D eigenvalue weighted by atomic mass is 9.65. The zero-order chi connectivity index (χ0) is 30.3. The summed E-state index contributed by atoms with van der Waals surface area (Å²) in [4.78, 5) is 0. The smallest absolute Gasteiger partial charge is 0.217 e. The molecular weight excluding hydrogens is 554 g/mol. The molecule has 1 fully saturated rings. The van der Waals surface area contributed by atoms with Crippen molar-refractivity contribution in [2.24, 2.45) is 23.7 Å². The molecule has 2 aliphatic carbocycles. The standard InChI is InChI=1S/C33H47NO7S/c1-23(28-18-29(19-28)33(41-17-16-38-3)32-15-10-27(32)22-35)24(2)42(36,37)34(20-25-6-11-30(39-4)12-7-25)21-26-8-13-31(40-5)14-9-26/h6-9,11-14,18,23-24,27-28,32-33,35H,10,15-17,19-22H2,1-5H3/t23-,24-,27+,28+,32-,33+/m1/s1. The van der Waals surface area contributed by atoms with E-state index in [1.807, 2.05) is 62.4 Å². The first-order valence-electron chi connectivity index (χ1n) is 14.9. The lowest BCUT2D eigenvalue weighted by Gasteiger charge is -2.45. The third-order valence-electron chi connectivity index (χ3n) is 9.23. The summed E-state index contributed by atoms with van der Waals surface area (Å²) < 4.78 is 52.0. The second kappa shape index (κ2) is 14.8. The van der Waals surface area contributed by atoms with Gasteiger partial charge in [0.25, 0.3) is 0 Å². The molecule has 2 aromatic carbocycles. The Kier molecular flexibility index (Phi) is 11.5. The van der Waals surface area contributed by atoms with Crippen molar-refractivity contribution in [3.8, 4) is 11.5 Å². The Balaban J connectivity index is 1.51. The quantitative estimate of drug-likeness (QED) is 0.200. The number of aliphatic hydroxyl groups is 1. The second-order valence-corrected chi connectivity index (χ2v) is 13.9. The third-order valence-corrected chi connectivity index (χ3v) is 11.6. The maximum absolute atomic E-state index is 14.2. The van der Waals surface area contributed by atoms with E-state index >= 15 is 0 Å². The molecule has 4 rings (SSSR count). The Bertz CT molecular complexity index is 1210. The number of rotatable bonds is 17. The Morgan fingerprint density at radius 1 is 0.881 bits per heavy atom. The van der Waals surface area contributed by atoms with Gasteiger partial charge in [-0.1, -0.05) is 37.3 Å². The molecule has 42 heavy (non-hydrogen) atoms. The van der Waals surface area contributed by atoms with Crippen LogP contribution in [-0.4, -0.2) is 70.3 Å². The Morgan fingerprint density at radius 2 is 1.43 bits per heavy atom. The summed E-state index contributed by atoms with van der Waals surface area (Å²) in [6.07, 6.45) is 5.05. The fraction of sp³-hybridized carbons (Fsp3) is 0.576. The summed E-state index contributed by atoms with van der Waals surface area (Å²) in [6, 6.07) is 15.1. The van der Waals surface area contributed by atoms with Gasteiger partial charge in [-0.2, -0.15) is 4.31 Å². The van der Waals surface area contributed by atoms with Crippen molar-refractivity contribution in [2.75, 3.05) is 41.2 Å². The highest BCUT2D eigenvalue weighted by Crippen LogP contribution is 2.46. The first-order chi connectivity index (χ1) is 20.2. The van der Waals surface area contributed by atoms with Crippen LogP contribution in [0.5, 0.6) is 11.5 Å². The number of methoxy groups -OCH3 is 3. The van der Waals surface area contributed by atoms with Crippen LogP contribution < -0.4 is 9.47 Å². The summed E-state index contributed by atoms with van der Waals surface area (Å²) in [5.74, 6) is 2.10. The number of allylic oxidation sites excluding steroid dienone is 1. The molecule has 0 saturated heterocycles. The van der Waals surface area contributed by atoms with Crippen LogP contribution in [0.1, 0.15) is 44.2 Å². The van der Waals surface area contributed by atoms with Crippen molar-refractivity contribution in [3.05, 3.63) is 71.3 Å². The highest BCUT2D eigenvalue weighted by Gasteiger charge is 2.44. The number of hydrogen-bond acceptors (Lipinski definition) is 7. The van der Waals surface area contributed by atoms with Crippen LogP contribution in [-0.2, 0) is 32.6 Å². The monoisotopic (exact) mass is 601 g/mol. The molecule has 1 saturated carbocycles. The predicted molar refractivity (Wildman–Crippen MR) is 164 cm³/mol. The number of sulfonamides is 1. The van der Waals surface area contributed by atoms with Crippen molar-refractivity contribution in [3.63, 3.8) is 0 Å². The van der Waals surface area contributed by atoms with Crippen LogP contribution in [0.4, 0.5) is 0 Å². The van der Waals surface area contributed by atoms with Crippen molar-refractivity contribution in [1.29, 1.82) is 0 Å². The van der Waals surface area contributed by atoms with Crippen LogP contribution in [0.25, 0.3) is 0 Å². The molecule has 0 aromatic heterocycles. The molecule has 0 unspecified atom stereocenters. The lowest BCUT2D eigenvalue weighted by molar-refractivity contribution is -0.0552. The molecular formula is C33H47NO7S. The first-order valence-corrected chi connectivity index (χ1v) is 16.4. The van der Waals surface area contributed by atoms with Crippen molar-refractivity contribution in [2.45, 2.75) is 57.6 Å². The van der Waals surface area contributed by atoms with Gasteiger partial charge in [0.2, 0.25) is 10.0 Å². The van der Waals surface area contributed by atoms with Gasteiger partial charge in [0.15, 0.2) is 0 Å². The van der Waals surface area contributed by atoms with E-state index < -0.39 is 15.3 Å². The summed E-state index contributed by atoms with van der Waals surface area (Å²) in [5, 5.41) is 9.20. The van der Waals surface area contributed by atoms with Crippen LogP contribution in [0, 0.1) is 23.7 Å². The SMILES string of the molecule is COCCO[C@@H](C1=C[C@H]([C@H](C)[C@@H](C)S(=O)(=O)N(Cc2ccc(OC)cc2)Cc2ccc(OC)cc2)C1)[C@@H]1CC[C@H]1CO. The van der Waals surface area contributed by atoms with Gasteiger partial charge >= 0.3 is 0 Å². The van der Waals surface area contributed by atoms with Gasteiger partial charge in [-0.05, 0) is 90.8 Å². The van der Waals surface area contributed by atoms with Gasteiger partial charge in [-0.3, -0.25) is 0 Å². The van der Waals surface area contributed by atoms with Gasteiger partial charge in [0.1, 0.15) is 11.5 Å². The van der Waals surface area contributed by atoms with Gasteiger partial charge < -0.3 is 24.1 Å². The van der Waals surface area contributed by atoms with Crippen LogP contribution in [0.3, 0.4) is 0 Å². The molecule has 6 atom stereocenters. The van der Waals surface area contributed by atoms with E-state index in [-0.39, 0.29) is 43.6 Å². The number of ether oxygens (including phenoxy) is 4. The van der Waals surface area contributed by atoms with E-state index in [4.69, 9.17) is 18.9 Å². The lowest BCUT2D eigenvalue weighted by Crippen LogP contribution is -2.45. The average Bonchev–Trinajstić information content (AvgIpc) is 2.96. The highest BCUT2D eigenvalue weighted by atomic mass is 32.2. The maximum Gasteiger partial charge on any atom is 0.217 e. The maximum atomic E-state index is 14.2. The number of hydrogen-bond donors (Lipinski definition) is 1. The molecule has 8 nitrogen and oxygen atoms in total. The molecule has 2 aromatic rings. The molecule has 0 spiro atoms. The molecule has 0 heterocycles.